The van der Waals surface area contributed by atoms with Crippen LogP contribution in [0.25, 0.3) is 0 Å². The van der Waals surface area contributed by atoms with Crippen molar-refractivity contribution >= 4 is 47.9 Å². The Kier molecular flexibility index (Phi) is 2.43. The van der Waals surface area contributed by atoms with E-state index in [9.17, 15) is 4.79 Å². The van der Waals surface area contributed by atoms with Crippen LogP contribution in [0.2, 0.25) is 0 Å². The molecule has 0 aliphatic carbocycles. The monoisotopic (exact) mass is 268 g/mol. The second-order valence-electron chi connectivity index (χ2n) is 1.38. The van der Waals surface area contributed by atoms with Crippen LogP contribution in [-0.4, -0.2) is 4.69 Å². The molecule has 1 nitrogen and oxygen atoms in total. The van der Waals surface area contributed by atoms with E-state index in [1.54, 1.807) is 6.07 Å². The first-order valence-electron chi connectivity index (χ1n) is 2.15. The lowest BCUT2D eigenvalue weighted by molar-refractivity contribution is 0.109. The number of halogens is 2. The standard InChI is InChI=1S/C5H2Br2OS/c6-4-2-1-3(9-4)5(7)8/h1-2H. The molecule has 4 heteroatoms. The van der Waals surface area contributed by atoms with Gasteiger partial charge in [-0.15, -0.1) is 11.3 Å². The van der Waals surface area contributed by atoms with Crippen LogP contribution in [0.15, 0.2) is 15.9 Å². The average molecular weight is 270 g/mol. The summed E-state index contributed by atoms with van der Waals surface area (Å²) in [5.41, 5.74) is 0. The van der Waals surface area contributed by atoms with Crippen molar-refractivity contribution in [2.75, 3.05) is 0 Å². The van der Waals surface area contributed by atoms with Crippen molar-refractivity contribution in [2.45, 2.75) is 0 Å². The predicted molar refractivity (Wildman–Crippen MR) is 45.3 cm³/mol. The number of rotatable bonds is 1. The molecule has 0 saturated heterocycles. The van der Waals surface area contributed by atoms with Crippen molar-refractivity contribution in [1.29, 1.82) is 0 Å². The summed E-state index contributed by atoms with van der Waals surface area (Å²) in [6.07, 6.45) is 0. The van der Waals surface area contributed by atoms with Gasteiger partial charge in [0.1, 0.15) is 0 Å². The largest absolute Gasteiger partial charge is 0.280 e. The van der Waals surface area contributed by atoms with Crippen molar-refractivity contribution in [2.24, 2.45) is 0 Å². The highest BCUT2D eigenvalue weighted by Gasteiger charge is 2.02. The number of hydrogen-bond donors (Lipinski definition) is 0. The second kappa shape index (κ2) is 2.94. The fourth-order valence-electron chi connectivity index (χ4n) is 0.420. The van der Waals surface area contributed by atoms with Crippen LogP contribution in [0.1, 0.15) is 9.67 Å². The highest BCUT2D eigenvalue weighted by atomic mass is 79.9. The van der Waals surface area contributed by atoms with Gasteiger partial charge in [0.05, 0.1) is 8.66 Å². The van der Waals surface area contributed by atoms with Gasteiger partial charge in [0.25, 0.3) is 0 Å². The molecule has 1 heterocycles. The fraction of sp³-hybridized carbons (Fsp3) is 0. The van der Waals surface area contributed by atoms with Crippen LogP contribution in [0, 0.1) is 0 Å². The van der Waals surface area contributed by atoms with Gasteiger partial charge in [-0.1, -0.05) is 0 Å². The third-order valence-corrected chi connectivity index (χ3v) is 3.08. The highest BCUT2D eigenvalue weighted by Crippen LogP contribution is 2.23. The smallest absolute Gasteiger partial charge is 0.237 e. The van der Waals surface area contributed by atoms with Crippen LogP contribution in [0.4, 0.5) is 0 Å². The van der Waals surface area contributed by atoms with E-state index in [1.807, 2.05) is 6.07 Å². The SMILES string of the molecule is O=C(Br)c1ccc(Br)s1. The van der Waals surface area contributed by atoms with E-state index in [2.05, 4.69) is 31.9 Å². The summed E-state index contributed by atoms with van der Waals surface area (Å²) >= 11 is 7.51. The van der Waals surface area contributed by atoms with E-state index in [0.717, 1.165) is 8.66 Å². The van der Waals surface area contributed by atoms with Crippen LogP contribution >= 0.6 is 43.2 Å². The van der Waals surface area contributed by atoms with Gasteiger partial charge in [-0.05, 0) is 44.0 Å². The maximum absolute atomic E-state index is 10.6. The molecule has 0 atom stereocenters. The van der Waals surface area contributed by atoms with E-state index in [0.29, 0.717) is 0 Å². The summed E-state index contributed by atoms with van der Waals surface area (Å²) in [6, 6.07) is 3.62. The van der Waals surface area contributed by atoms with Crippen molar-refractivity contribution in [3.8, 4) is 0 Å². The van der Waals surface area contributed by atoms with Crippen molar-refractivity contribution < 1.29 is 4.79 Å². The van der Waals surface area contributed by atoms with Crippen molar-refractivity contribution in [3.63, 3.8) is 0 Å². The topological polar surface area (TPSA) is 17.1 Å². The fourth-order valence-corrected chi connectivity index (χ4v) is 2.01. The molecule has 48 valence electrons. The minimum Gasteiger partial charge on any atom is -0.280 e. The van der Waals surface area contributed by atoms with E-state index < -0.39 is 0 Å². The molecule has 1 aromatic rings. The van der Waals surface area contributed by atoms with Gasteiger partial charge in [0.15, 0.2) is 0 Å². The van der Waals surface area contributed by atoms with Crippen LogP contribution in [0.3, 0.4) is 0 Å². The Morgan fingerprint density at radius 1 is 1.56 bits per heavy atom. The highest BCUT2D eigenvalue weighted by molar-refractivity contribution is 9.18. The lowest BCUT2D eigenvalue weighted by Crippen LogP contribution is -1.77. The first-order chi connectivity index (χ1) is 4.20. The van der Waals surface area contributed by atoms with Gasteiger partial charge < -0.3 is 0 Å². The summed E-state index contributed by atoms with van der Waals surface area (Å²) in [7, 11) is 0. The normalized spacial score (nSPS) is 9.56. The van der Waals surface area contributed by atoms with Gasteiger partial charge in [-0.3, -0.25) is 4.79 Å². The molecule has 0 aromatic carbocycles. The molecule has 0 unspecified atom stereocenters. The zero-order chi connectivity index (χ0) is 6.85. The first kappa shape index (κ1) is 7.44. The van der Waals surface area contributed by atoms with Gasteiger partial charge in [0, 0.05) is 0 Å². The Morgan fingerprint density at radius 2 is 2.22 bits per heavy atom. The summed E-state index contributed by atoms with van der Waals surface area (Å²) in [5.74, 6) is 0. The van der Waals surface area contributed by atoms with Crippen molar-refractivity contribution in [1.82, 2.24) is 0 Å². The predicted octanol–water partition coefficient (Wildman–Crippen LogP) is 3.05. The molecule has 0 aliphatic rings. The zero-order valence-electron chi connectivity index (χ0n) is 4.23. The molecule has 0 radical (unpaired) electrons. The Hall–Kier alpha value is 0.330. The summed E-state index contributed by atoms with van der Waals surface area (Å²) < 4.78 is 0.920. The zero-order valence-corrected chi connectivity index (χ0v) is 8.22. The molecular formula is C5H2Br2OS. The molecule has 1 aromatic heterocycles. The third kappa shape index (κ3) is 1.88. The molecule has 0 N–H and O–H groups in total. The molecule has 0 spiro atoms. The van der Waals surface area contributed by atoms with Crippen LogP contribution in [-0.2, 0) is 0 Å². The minimum absolute atomic E-state index is 0.0572. The summed E-state index contributed by atoms with van der Waals surface area (Å²) in [4.78, 5) is 11.3. The molecule has 0 saturated carbocycles. The lowest BCUT2D eigenvalue weighted by atomic mass is 10.5. The van der Waals surface area contributed by atoms with Crippen LogP contribution in [0.5, 0.6) is 0 Å². The number of carbonyl (C=O) groups is 1. The van der Waals surface area contributed by atoms with E-state index in [1.165, 1.54) is 11.3 Å². The Balaban J connectivity index is 2.98. The molecule has 0 amide bonds. The Labute approximate surface area is 73.3 Å². The number of hydrogen-bond acceptors (Lipinski definition) is 2. The lowest BCUT2D eigenvalue weighted by Gasteiger charge is -1.78. The molecular weight excluding hydrogens is 268 g/mol. The number of carbonyl (C=O) groups excluding carboxylic acids is 1. The summed E-state index contributed by atoms with van der Waals surface area (Å²) in [6.45, 7) is 0. The molecule has 9 heavy (non-hydrogen) atoms. The maximum atomic E-state index is 10.6. The van der Waals surface area contributed by atoms with E-state index >= 15 is 0 Å². The van der Waals surface area contributed by atoms with Crippen molar-refractivity contribution in [3.05, 3.63) is 20.8 Å². The summed E-state index contributed by atoms with van der Waals surface area (Å²) in [5, 5.41) is 0. The molecule has 0 aliphatic heterocycles. The van der Waals surface area contributed by atoms with Gasteiger partial charge in [-0.2, -0.15) is 0 Å². The van der Waals surface area contributed by atoms with Gasteiger partial charge in [-0.25, -0.2) is 0 Å². The van der Waals surface area contributed by atoms with Crippen LogP contribution < -0.4 is 0 Å². The molecule has 1 rings (SSSR count). The minimum atomic E-state index is -0.0572. The maximum Gasteiger partial charge on any atom is 0.237 e. The first-order valence-corrected chi connectivity index (χ1v) is 4.55. The second-order valence-corrected chi connectivity index (χ2v) is 4.56. The molecule has 0 fully saturated rings. The van der Waals surface area contributed by atoms with E-state index in [-0.39, 0.29) is 4.69 Å². The number of thiophene rings is 1. The van der Waals surface area contributed by atoms with Gasteiger partial charge in [0.2, 0.25) is 4.69 Å². The Bertz CT molecular complexity index is 231. The third-order valence-electron chi connectivity index (χ3n) is 0.767. The average Bonchev–Trinajstić information content (AvgIpc) is 2.14. The quantitative estimate of drug-likeness (QED) is 0.717. The van der Waals surface area contributed by atoms with Gasteiger partial charge >= 0.3 is 0 Å². The van der Waals surface area contributed by atoms with E-state index in [4.69, 9.17) is 0 Å². The molecule has 0 bridgehead atoms. The Morgan fingerprint density at radius 3 is 2.44 bits per heavy atom.